The van der Waals surface area contributed by atoms with Crippen LogP contribution in [0.25, 0.3) is 11.1 Å². The molecule has 3 rings (SSSR count). The lowest BCUT2D eigenvalue weighted by atomic mass is 9.77. The second-order valence-corrected chi connectivity index (χ2v) is 8.22. The van der Waals surface area contributed by atoms with Gasteiger partial charge >= 0.3 is 0 Å². The number of fused-ring (bicyclic) bond motifs is 3. The molecule has 1 aliphatic carbocycles. The summed E-state index contributed by atoms with van der Waals surface area (Å²) in [7, 11) is 0. The summed E-state index contributed by atoms with van der Waals surface area (Å²) in [5.41, 5.74) is 8.77. The van der Waals surface area contributed by atoms with Crippen molar-refractivity contribution in [3.63, 3.8) is 0 Å². The summed E-state index contributed by atoms with van der Waals surface area (Å²) in [6.07, 6.45) is 2.36. The lowest BCUT2D eigenvalue weighted by Crippen LogP contribution is -2.18. The Morgan fingerprint density at radius 1 is 0.714 bits per heavy atom. The molecule has 0 aliphatic heterocycles. The quantitative estimate of drug-likeness (QED) is 0.482. The average molecular weight is 277 g/mol. The topological polar surface area (TPSA) is 0 Å². The van der Waals surface area contributed by atoms with Gasteiger partial charge in [-0.25, -0.2) is 0 Å². The van der Waals surface area contributed by atoms with Gasteiger partial charge in [0.05, 0.1) is 0 Å². The largest absolute Gasteiger partial charge is 0.0619 e. The molecule has 1 radical (unpaired) electrons. The van der Waals surface area contributed by atoms with E-state index in [1.165, 1.54) is 33.4 Å². The SMILES string of the molecule is CC(C)(C)c1cc2c(c(C(C)(C)C)c1)[CH]c1ccccc1-2. The van der Waals surface area contributed by atoms with Gasteiger partial charge in [0.2, 0.25) is 0 Å². The fourth-order valence-electron chi connectivity index (χ4n) is 3.11. The lowest BCUT2D eigenvalue weighted by Gasteiger charge is -2.28. The Bertz CT molecular complexity index is 691. The Morgan fingerprint density at radius 2 is 1.38 bits per heavy atom. The molecule has 0 heterocycles. The first-order valence-electron chi connectivity index (χ1n) is 7.81. The van der Waals surface area contributed by atoms with E-state index in [0.717, 1.165) is 0 Å². The molecule has 109 valence electrons. The van der Waals surface area contributed by atoms with Gasteiger partial charge in [0.1, 0.15) is 0 Å². The third kappa shape index (κ3) is 2.41. The van der Waals surface area contributed by atoms with Crippen molar-refractivity contribution in [2.24, 2.45) is 0 Å². The molecule has 0 spiro atoms. The van der Waals surface area contributed by atoms with Gasteiger partial charge in [-0.1, -0.05) is 77.9 Å². The van der Waals surface area contributed by atoms with E-state index in [4.69, 9.17) is 0 Å². The van der Waals surface area contributed by atoms with Crippen molar-refractivity contribution in [2.75, 3.05) is 0 Å². The zero-order chi connectivity index (χ0) is 15.4. The summed E-state index contributed by atoms with van der Waals surface area (Å²) >= 11 is 0. The van der Waals surface area contributed by atoms with Gasteiger partial charge < -0.3 is 0 Å². The Kier molecular flexibility index (Phi) is 3.06. The highest BCUT2D eigenvalue weighted by atomic mass is 14.3. The van der Waals surface area contributed by atoms with Crippen LogP contribution in [0, 0.1) is 6.42 Å². The van der Waals surface area contributed by atoms with Crippen molar-refractivity contribution >= 4 is 0 Å². The van der Waals surface area contributed by atoms with Gasteiger partial charge in [-0.2, -0.15) is 0 Å². The predicted octanol–water partition coefficient (Wildman–Crippen LogP) is 5.86. The number of hydrogen-bond donors (Lipinski definition) is 0. The molecule has 0 nitrogen and oxygen atoms in total. The van der Waals surface area contributed by atoms with E-state index >= 15 is 0 Å². The van der Waals surface area contributed by atoms with Crippen LogP contribution >= 0.6 is 0 Å². The second-order valence-electron chi connectivity index (χ2n) is 8.22. The van der Waals surface area contributed by atoms with E-state index in [-0.39, 0.29) is 10.8 Å². The van der Waals surface area contributed by atoms with Crippen LogP contribution in [-0.4, -0.2) is 0 Å². The van der Waals surface area contributed by atoms with Crippen LogP contribution in [0.4, 0.5) is 0 Å². The third-order valence-corrected chi connectivity index (χ3v) is 4.40. The molecule has 0 saturated heterocycles. The smallest absolute Gasteiger partial charge is 0.0214 e. The lowest BCUT2D eigenvalue weighted by molar-refractivity contribution is 0.567. The van der Waals surface area contributed by atoms with Gasteiger partial charge in [0.15, 0.2) is 0 Å². The zero-order valence-electron chi connectivity index (χ0n) is 14.0. The minimum absolute atomic E-state index is 0.157. The second kappa shape index (κ2) is 4.47. The maximum absolute atomic E-state index is 2.42. The number of hydrogen-bond acceptors (Lipinski definition) is 0. The minimum Gasteiger partial charge on any atom is -0.0619 e. The molecule has 2 aromatic carbocycles. The molecule has 21 heavy (non-hydrogen) atoms. The summed E-state index contributed by atoms with van der Waals surface area (Å²) in [5, 5.41) is 0. The van der Waals surface area contributed by atoms with Crippen molar-refractivity contribution < 1.29 is 0 Å². The van der Waals surface area contributed by atoms with Crippen LogP contribution in [0.5, 0.6) is 0 Å². The standard InChI is InChI=1S/C21H25/c1-20(2,3)15-12-17-16-10-8-7-9-14(16)11-18(17)19(13-15)21(4,5)6/h7-13H,1-6H3. The summed E-state index contributed by atoms with van der Waals surface area (Å²) in [4.78, 5) is 0. The Balaban J connectivity index is 2.31. The Morgan fingerprint density at radius 3 is 2.00 bits per heavy atom. The molecule has 0 saturated carbocycles. The molecule has 0 amide bonds. The monoisotopic (exact) mass is 277 g/mol. The summed E-state index contributed by atoms with van der Waals surface area (Å²) < 4.78 is 0. The fourth-order valence-corrected chi connectivity index (χ4v) is 3.11. The summed E-state index contributed by atoms with van der Waals surface area (Å²) in [5.74, 6) is 0. The van der Waals surface area contributed by atoms with Gasteiger partial charge in [-0.3, -0.25) is 0 Å². The molecule has 0 heteroatoms. The van der Waals surface area contributed by atoms with Crippen LogP contribution in [0.1, 0.15) is 63.8 Å². The molecule has 0 atom stereocenters. The first-order chi connectivity index (χ1) is 9.68. The van der Waals surface area contributed by atoms with Gasteiger partial charge in [0.25, 0.3) is 0 Å². The van der Waals surface area contributed by atoms with E-state index in [2.05, 4.69) is 84.4 Å². The van der Waals surface area contributed by atoms with E-state index in [1.807, 2.05) is 0 Å². The van der Waals surface area contributed by atoms with E-state index in [0.29, 0.717) is 0 Å². The van der Waals surface area contributed by atoms with Crippen molar-refractivity contribution in [1.29, 1.82) is 0 Å². The maximum atomic E-state index is 2.42. The number of rotatable bonds is 0. The molecule has 0 unspecified atom stereocenters. The van der Waals surface area contributed by atoms with Crippen LogP contribution in [0.15, 0.2) is 36.4 Å². The third-order valence-electron chi connectivity index (χ3n) is 4.40. The zero-order valence-corrected chi connectivity index (χ0v) is 14.0. The minimum atomic E-state index is 0.157. The van der Waals surface area contributed by atoms with Crippen molar-refractivity contribution in [2.45, 2.75) is 52.4 Å². The summed E-state index contributed by atoms with van der Waals surface area (Å²) in [6.45, 7) is 13.8. The molecule has 0 aromatic heterocycles. The molecular formula is C21H25. The highest BCUT2D eigenvalue weighted by Crippen LogP contribution is 2.45. The average Bonchev–Trinajstić information content (AvgIpc) is 2.73. The first kappa shape index (κ1) is 14.4. The van der Waals surface area contributed by atoms with Gasteiger partial charge in [0, 0.05) is 6.42 Å². The van der Waals surface area contributed by atoms with Crippen molar-refractivity contribution in [3.8, 4) is 11.1 Å². The molecule has 0 fully saturated rings. The molecule has 1 aliphatic rings. The van der Waals surface area contributed by atoms with Crippen molar-refractivity contribution in [3.05, 3.63) is 65.1 Å². The Labute approximate surface area is 129 Å². The fraction of sp³-hybridized carbons (Fsp3) is 0.381. The maximum Gasteiger partial charge on any atom is 0.0214 e. The Hall–Kier alpha value is -1.56. The van der Waals surface area contributed by atoms with E-state index in [9.17, 15) is 0 Å². The highest BCUT2D eigenvalue weighted by molar-refractivity contribution is 5.83. The van der Waals surface area contributed by atoms with Gasteiger partial charge in [-0.05, 0) is 44.2 Å². The highest BCUT2D eigenvalue weighted by Gasteiger charge is 2.29. The van der Waals surface area contributed by atoms with Crippen LogP contribution in [0.3, 0.4) is 0 Å². The van der Waals surface area contributed by atoms with E-state index in [1.54, 1.807) is 0 Å². The van der Waals surface area contributed by atoms with Crippen LogP contribution in [0.2, 0.25) is 0 Å². The van der Waals surface area contributed by atoms with Gasteiger partial charge in [-0.15, -0.1) is 0 Å². The van der Waals surface area contributed by atoms with Crippen LogP contribution in [-0.2, 0) is 10.8 Å². The predicted molar refractivity (Wildman–Crippen MR) is 91.8 cm³/mol. The molecule has 0 N–H and O–H groups in total. The first-order valence-corrected chi connectivity index (χ1v) is 7.81. The number of benzene rings is 2. The van der Waals surface area contributed by atoms with E-state index < -0.39 is 0 Å². The van der Waals surface area contributed by atoms with Crippen LogP contribution < -0.4 is 0 Å². The van der Waals surface area contributed by atoms with Crippen molar-refractivity contribution in [1.82, 2.24) is 0 Å². The molecule has 2 aromatic rings. The normalized spacial score (nSPS) is 14.0. The molecule has 0 bridgehead atoms. The molecular weight excluding hydrogens is 252 g/mol. The summed E-state index contributed by atoms with van der Waals surface area (Å²) in [6, 6.07) is 13.5.